The lowest BCUT2D eigenvalue weighted by Crippen LogP contribution is -1.61. The van der Waals surface area contributed by atoms with Crippen LogP contribution >= 0.6 is 11.3 Å². The summed E-state index contributed by atoms with van der Waals surface area (Å²) in [5.74, 6) is 0. The molecule has 1 aromatic rings. The van der Waals surface area contributed by atoms with Gasteiger partial charge in [-0.05, 0) is 0 Å². The van der Waals surface area contributed by atoms with Crippen molar-refractivity contribution in [2.75, 3.05) is 0 Å². The minimum absolute atomic E-state index is 0. The lowest BCUT2D eigenvalue weighted by atomic mass is 10.8. The number of hydrogen-bond donors (Lipinski definition) is 0. The second-order valence-corrected chi connectivity index (χ2v) is 1.84. The summed E-state index contributed by atoms with van der Waals surface area (Å²) < 4.78 is 0. The van der Waals surface area contributed by atoms with Crippen molar-refractivity contribution < 1.29 is 0 Å². The van der Waals surface area contributed by atoms with Crippen molar-refractivity contribution in [3.05, 3.63) is 16.6 Å². The predicted molar refractivity (Wildman–Crippen MR) is 33.6 cm³/mol. The standard InChI is InChI=1S/C4H2N2S.CH4/c5-3-4-6-1-2-7-4;/h1-2H;1H4. The van der Waals surface area contributed by atoms with E-state index in [0.29, 0.717) is 5.01 Å². The Morgan fingerprint density at radius 3 is 2.75 bits per heavy atom. The molecular weight excluding hydrogens is 120 g/mol. The van der Waals surface area contributed by atoms with Crippen molar-refractivity contribution in [1.29, 1.82) is 5.26 Å². The van der Waals surface area contributed by atoms with Gasteiger partial charge in [0.1, 0.15) is 6.07 Å². The Balaban J connectivity index is 0.000000490. The number of nitriles is 1. The maximum atomic E-state index is 8.12. The fourth-order valence-electron chi connectivity index (χ4n) is 0.279. The van der Waals surface area contributed by atoms with E-state index in [9.17, 15) is 0 Å². The summed E-state index contributed by atoms with van der Waals surface area (Å²) >= 11 is 1.35. The van der Waals surface area contributed by atoms with E-state index in [1.165, 1.54) is 11.3 Å². The van der Waals surface area contributed by atoms with Crippen LogP contribution in [-0.4, -0.2) is 4.98 Å². The van der Waals surface area contributed by atoms with Gasteiger partial charge in [0.2, 0.25) is 0 Å². The second kappa shape index (κ2) is 3.16. The van der Waals surface area contributed by atoms with Gasteiger partial charge in [-0.15, -0.1) is 11.3 Å². The number of rotatable bonds is 0. The smallest absolute Gasteiger partial charge is 0.194 e. The summed E-state index contributed by atoms with van der Waals surface area (Å²) in [5, 5.41) is 10.4. The van der Waals surface area contributed by atoms with Crippen LogP contribution < -0.4 is 0 Å². The molecule has 0 amide bonds. The molecule has 0 radical (unpaired) electrons. The lowest BCUT2D eigenvalue weighted by Gasteiger charge is -1.61. The van der Waals surface area contributed by atoms with Gasteiger partial charge in [-0.1, -0.05) is 7.43 Å². The molecule has 0 fully saturated rings. The monoisotopic (exact) mass is 126 g/mol. The zero-order valence-electron chi connectivity index (χ0n) is 3.46. The van der Waals surface area contributed by atoms with Gasteiger partial charge in [-0.2, -0.15) is 5.26 Å². The number of hydrogen-bond acceptors (Lipinski definition) is 3. The zero-order chi connectivity index (χ0) is 5.11. The molecular formula is C5H6N2S. The summed E-state index contributed by atoms with van der Waals surface area (Å²) in [6, 6.07) is 1.91. The van der Waals surface area contributed by atoms with E-state index in [2.05, 4.69) is 4.98 Å². The minimum atomic E-state index is 0. The normalized spacial score (nSPS) is 6.88. The minimum Gasteiger partial charge on any atom is -0.234 e. The molecule has 42 valence electrons. The van der Waals surface area contributed by atoms with Crippen LogP contribution in [0.25, 0.3) is 0 Å². The highest BCUT2D eigenvalue weighted by Crippen LogP contribution is 1.99. The van der Waals surface area contributed by atoms with Crippen molar-refractivity contribution in [1.82, 2.24) is 4.98 Å². The van der Waals surface area contributed by atoms with Gasteiger partial charge in [0.05, 0.1) is 0 Å². The molecule has 0 bridgehead atoms. The molecule has 0 saturated carbocycles. The zero-order valence-corrected chi connectivity index (χ0v) is 4.27. The van der Waals surface area contributed by atoms with Crippen LogP contribution in [0, 0.1) is 11.3 Å². The van der Waals surface area contributed by atoms with Crippen LogP contribution in [0.5, 0.6) is 0 Å². The molecule has 0 spiro atoms. The third-order valence-corrected chi connectivity index (χ3v) is 1.21. The first kappa shape index (κ1) is 7.12. The highest BCUT2D eigenvalue weighted by atomic mass is 32.1. The van der Waals surface area contributed by atoms with E-state index in [-0.39, 0.29) is 7.43 Å². The summed E-state index contributed by atoms with van der Waals surface area (Å²) in [7, 11) is 0. The highest BCUT2D eigenvalue weighted by molar-refractivity contribution is 7.10. The fraction of sp³-hybridized carbons (Fsp3) is 0.200. The Morgan fingerprint density at radius 1 is 1.75 bits per heavy atom. The summed E-state index contributed by atoms with van der Waals surface area (Å²) in [4.78, 5) is 3.69. The molecule has 1 rings (SSSR count). The Labute approximate surface area is 52.4 Å². The molecule has 8 heavy (non-hydrogen) atoms. The molecule has 0 aromatic carbocycles. The van der Waals surface area contributed by atoms with Gasteiger partial charge < -0.3 is 0 Å². The van der Waals surface area contributed by atoms with Crippen molar-refractivity contribution in [2.45, 2.75) is 7.43 Å². The summed E-state index contributed by atoms with van der Waals surface area (Å²) in [5.41, 5.74) is 0. The van der Waals surface area contributed by atoms with Crippen LogP contribution in [0.3, 0.4) is 0 Å². The fourth-order valence-corrected chi connectivity index (χ4v) is 0.704. The van der Waals surface area contributed by atoms with E-state index in [1.807, 2.05) is 6.07 Å². The first-order valence-corrected chi connectivity index (χ1v) is 2.61. The second-order valence-electron chi connectivity index (χ2n) is 0.949. The number of aromatic nitrogens is 1. The SMILES string of the molecule is C.N#Cc1nccs1. The molecule has 1 aromatic heterocycles. The molecule has 0 saturated heterocycles. The molecule has 0 N–H and O–H groups in total. The molecule has 0 aliphatic carbocycles. The predicted octanol–water partition coefficient (Wildman–Crippen LogP) is 1.65. The van der Waals surface area contributed by atoms with E-state index < -0.39 is 0 Å². The third kappa shape index (κ3) is 1.32. The third-order valence-electron chi connectivity index (χ3n) is 0.528. The molecule has 0 aliphatic rings. The molecule has 0 atom stereocenters. The highest BCUT2D eigenvalue weighted by Gasteiger charge is 1.84. The van der Waals surface area contributed by atoms with Crippen molar-refractivity contribution >= 4 is 11.3 Å². The van der Waals surface area contributed by atoms with Gasteiger partial charge >= 0.3 is 0 Å². The molecule has 2 nitrogen and oxygen atoms in total. The number of thiazole rings is 1. The maximum absolute atomic E-state index is 8.12. The molecule has 0 unspecified atom stereocenters. The summed E-state index contributed by atoms with van der Waals surface area (Å²) in [6.45, 7) is 0. The molecule has 3 heteroatoms. The van der Waals surface area contributed by atoms with Crippen LogP contribution in [0.4, 0.5) is 0 Å². The molecule has 1 heterocycles. The van der Waals surface area contributed by atoms with Crippen molar-refractivity contribution in [2.24, 2.45) is 0 Å². The van der Waals surface area contributed by atoms with Crippen LogP contribution in [0.15, 0.2) is 11.6 Å². The van der Waals surface area contributed by atoms with Crippen LogP contribution in [-0.2, 0) is 0 Å². The largest absolute Gasteiger partial charge is 0.234 e. The van der Waals surface area contributed by atoms with Gasteiger partial charge in [0.25, 0.3) is 0 Å². The number of nitrogens with zero attached hydrogens (tertiary/aromatic N) is 2. The molecule has 0 aliphatic heterocycles. The van der Waals surface area contributed by atoms with Gasteiger partial charge in [-0.3, -0.25) is 0 Å². The Morgan fingerprint density at radius 2 is 2.50 bits per heavy atom. The van der Waals surface area contributed by atoms with Crippen LogP contribution in [0.2, 0.25) is 0 Å². The van der Waals surface area contributed by atoms with E-state index in [1.54, 1.807) is 11.6 Å². The van der Waals surface area contributed by atoms with Crippen molar-refractivity contribution in [3.8, 4) is 6.07 Å². The summed E-state index contributed by atoms with van der Waals surface area (Å²) in [6.07, 6.45) is 1.61. The maximum Gasteiger partial charge on any atom is 0.194 e. The lowest BCUT2D eigenvalue weighted by molar-refractivity contribution is 1.35. The first-order chi connectivity index (χ1) is 3.43. The Kier molecular flexibility index (Phi) is 2.82. The Bertz CT molecular complexity index is 173. The topological polar surface area (TPSA) is 36.7 Å². The van der Waals surface area contributed by atoms with Crippen LogP contribution in [0.1, 0.15) is 12.4 Å². The van der Waals surface area contributed by atoms with Gasteiger partial charge in [0, 0.05) is 11.6 Å². The van der Waals surface area contributed by atoms with E-state index in [4.69, 9.17) is 5.26 Å². The Hall–Kier alpha value is -0.880. The van der Waals surface area contributed by atoms with Crippen molar-refractivity contribution in [3.63, 3.8) is 0 Å². The van der Waals surface area contributed by atoms with E-state index >= 15 is 0 Å². The quantitative estimate of drug-likeness (QED) is 0.530. The first-order valence-electron chi connectivity index (χ1n) is 1.73. The van der Waals surface area contributed by atoms with E-state index in [0.717, 1.165) is 0 Å². The van der Waals surface area contributed by atoms with Gasteiger partial charge in [-0.25, -0.2) is 4.98 Å². The average Bonchev–Trinajstić information content (AvgIpc) is 2.14. The average molecular weight is 126 g/mol. The van der Waals surface area contributed by atoms with Gasteiger partial charge in [0.15, 0.2) is 5.01 Å².